The summed E-state index contributed by atoms with van der Waals surface area (Å²) >= 11 is 0.928. The van der Waals surface area contributed by atoms with Crippen molar-refractivity contribution in [2.24, 2.45) is 0 Å². The molecule has 1 aliphatic heterocycles. The van der Waals surface area contributed by atoms with Gasteiger partial charge in [0.25, 0.3) is 0 Å². The van der Waals surface area contributed by atoms with Crippen molar-refractivity contribution < 1.29 is 18.8 Å². The summed E-state index contributed by atoms with van der Waals surface area (Å²) in [7, 11) is 0. The van der Waals surface area contributed by atoms with E-state index in [0.29, 0.717) is 6.61 Å². The Labute approximate surface area is 186 Å². The van der Waals surface area contributed by atoms with Gasteiger partial charge in [-0.15, -0.1) is 0 Å². The molecule has 1 heterocycles. The van der Waals surface area contributed by atoms with Crippen molar-refractivity contribution in [2.75, 3.05) is 6.61 Å². The predicted molar refractivity (Wildman–Crippen MR) is 124 cm³/mol. The molecule has 2 rings (SSSR count). The molecule has 0 aliphatic carbocycles. The summed E-state index contributed by atoms with van der Waals surface area (Å²) in [5, 5.41) is 9.55. The summed E-state index contributed by atoms with van der Waals surface area (Å²) in [6.07, 6.45) is 12.5. The maximum Gasteiger partial charge on any atom is 0.419 e. The van der Waals surface area contributed by atoms with Crippen LogP contribution in [0.1, 0.15) is 96.1 Å². The van der Waals surface area contributed by atoms with E-state index in [-0.39, 0.29) is 12.1 Å². The molecule has 0 spiro atoms. The molecule has 1 aliphatic rings. The molecule has 1 aromatic carbocycles. The lowest BCUT2D eigenvalue weighted by molar-refractivity contribution is 0.136. The lowest BCUT2D eigenvalue weighted by Gasteiger charge is -2.20. The number of hydrogen-bond donors (Lipinski definition) is 1. The van der Waals surface area contributed by atoms with Gasteiger partial charge in [-0.3, -0.25) is 4.18 Å². The largest absolute Gasteiger partial charge is 0.487 e. The number of fused-ring (bicyclic) bond motifs is 1. The fraction of sp³-hybridized carbons (Fsp3) is 0.708. The van der Waals surface area contributed by atoms with Gasteiger partial charge in [0, 0.05) is 12.0 Å². The van der Waals surface area contributed by atoms with E-state index in [0.717, 1.165) is 48.4 Å². The number of hydrogen-bond acceptors (Lipinski definition) is 4. The Kier molecular flexibility index (Phi) is 10.9. The zero-order chi connectivity index (χ0) is 21.8. The van der Waals surface area contributed by atoms with Crippen LogP contribution in [0, 0.1) is 0 Å². The third kappa shape index (κ3) is 8.76. The van der Waals surface area contributed by atoms with Gasteiger partial charge < -0.3 is 9.84 Å². The fourth-order valence-corrected chi connectivity index (χ4v) is 4.41. The van der Waals surface area contributed by atoms with Crippen molar-refractivity contribution >= 4 is 18.3 Å². The number of benzene rings is 1. The summed E-state index contributed by atoms with van der Waals surface area (Å²) in [5.74, 6) is 0.823. The molecule has 6 heteroatoms. The molecule has 0 radical (unpaired) electrons. The summed E-state index contributed by atoms with van der Waals surface area (Å²) in [4.78, 5) is 11.6. The van der Waals surface area contributed by atoms with Crippen LogP contribution in [0.3, 0.4) is 0 Å². The second kappa shape index (κ2) is 13.1. The first-order valence-corrected chi connectivity index (χ1v) is 12.2. The second-order valence-electron chi connectivity index (χ2n) is 8.84. The van der Waals surface area contributed by atoms with Gasteiger partial charge in [0.2, 0.25) is 0 Å². The Morgan fingerprint density at radius 2 is 1.73 bits per heavy atom. The van der Waals surface area contributed by atoms with Crippen LogP contribution in [0.4, 0.5) is 4.79 Å². The summed E-state index contributed by atoms with van der Waals surface area (Å²) < 4.78 is 12.9. The molecular formula is C24H39NO4S. The van der Waals surface area contributed by atoms with Crippen LogP contribution in [0.25, 0.3) is 0 Å². The van der Waals surface area contributed by atoms with Crippen LogP contribution in [0.2, 0.25) is 0 Å². The van der Waals surface area contributed by atoms with Crippen LogP contribution < -0.4 is 4.74 Å². The molecule has 0 saturated heterocycles. The van der Waals surface area contributed by atoms with Crippen molar-refractivity contribution in [3.05, 3.63) is 29.3 Å². The molecule has 1 N–H and O–H groups in total. The Morgan fingerprint density at radius 3 is 2.37 bits per heavy atom. The molecular weight excluding hydrogens is 398 g/mol. The molecule has 1 amide bonds. The van der Waals surface area contributed by atoms with Gasteiger partial charge in [-0.05, 0) is 25.8 Å². The number of rotatable bonds is 15. The summed E-state index contributed by atoms with van der Waals surface area (Å²) in [5.41, 5.74) is 1.78. The quantitative estimate of drug-likeness (QED) is 0.176. The van der Waals surface area contributed by atoms with Gasteiger partial charge in [0.1, 0.15) is 23.6 Å². The fourth-order valence-electron chi connectivity index (χ4n) is 3.83. The van der Waals surface area contributed by atoms with Crippen molar-refractivity contribution in [1.29, 1.82) is 0 Å². The van der Waals surface area contributed by atoms with Gasteiger partial charge in [-0.25, -0.2) is 9.10 Å². The highest BCUT2D eigenvalue weighted by atomic mass is 32.2. The third-order valence-corrected chi connectivity index (χ3v) is 6.16. The lowest BCUT2D eigenvalue weighted by atomic mass is 10.0. The zero-order valence-electron chi connectivity index (χ0n) is 19.0. The van der Waals surface area contributed by atoms with Gasteiger partial charge >= 0.3 is 6.09 Å². The minimum Gasteiger partial charge on any atom is -0.487 e. The summed E-state index contributed by atoms with van der Waals surface area (Å²) in [6, 6.07) is 5.95. The first kappa shape index (κ1) is 24.9. The number of unbranched alkanes of at least 4 members (excludes halogenated alkanes) is 9. The molecule has 0 saturated carbocycles. The molecule has 0 unspecified atom stereocenters. The van der Waals surface area contributed by atoms with E-state index in [1.807, 2.05) is 18.2 Å². The zero-order valence-corrected chi connectivity index (χ0v) is 19.8. The Morgan fingerprint density at radius 1 is 1.10 bits per heavy atom. The van der Waals surface area contributed by atoms with E-state index in [4.69, 9.17) is 8.92 Å². The van der Waals surface area contributed by atoms with Crippen molar-refractivity contribution in [1.82, 2.24) is 4.31 Å². The van der Waals surface area contributed by atoms with Crippen molar-refractivity contribution in [3.63, 3.8) is 0 Å². The number of nitrogens with zero attached hydrogens (tertiary/aromatic N) is 1. The molecule has 1 aromatic rings. The topological polar surface area (TPSA) is 59.0 Å². The number of carboxylic acid groups (broad SMARTS) is 1. The highest BCUT2D eigenvalue weighted by molar-refractivity contribution is 7.92. The molecule has 170 valence electrons. The average Bonchev–Trinajstić information content (AvgIpc) is 3.02. The van der Waals surface area contributed by atoms with Crippen LogP contribution in [-0.2, 0) is 17.1 Å². The Balaban J connectivity index is 1.63. The third-order valence-electron chi connectivity index (χ3n) is 5.42. The molecule has 0 fully saturated rings. The molecule has 5 nitrogen and oxygen atoms in total. The highest BCUT2D eigenvalue weighted by Crippen LogP contribution is 2.38. The molecule has 0 aromatic heterocycles. The average molecular weight is 438 g/mol. The molecule has 0 bridgehead atoms. The normalized spacial score (nSPS) is 14.4. The van der Waals surface area contributed by atoms with Crippen LogP contribution in [0.5, 0.6) is 5.75 Å². The maximum atomic E-state index is 11.6. The number of ether oxygens (including phenoxy) is 1. The van der Waals surface area contributed by atoms with E-state index in [1.165, 1.54) is 55.7 Å². The van der Waals surface area contributed by atoms with E-state index < -0.39 is 6.09 Å². The summed E-state index contributed by atoms with van der Waals surface area (Å²) in [6.45, 7) is 7.17. The van der Waals surface area contributed by atoms with Gasteiger partial charge in [-0.1, -0.05) is 82.9 Å². The monoisotopic (exact) mass is 437 g/mol. The lowest BCUT2D eigenvalue weighted by Crippen LogP contribution is -2.25. The van der Waals surface area contributed by atoms with Crippen molar-refractivity contribution in [3.8, 4) is 5.75 Å². The van der Waals surface area contributed by atoms with Crippen molar-refractivity contribution in [2.45, 2.75) is 104 Å². The van der Waals surface area contributed by atoms with E-state index in [1.54, 1.807) is 0 Å². The Hall–Kier alpha value is -1.40. The van der Waals surface area contributed by atoms with Crippen LogP contribution in [0.15, 0.2) is 18.2 Å². The van der Waals surface area contributed by atoms with Gasteiger partial charge in [0.05, 0.1) is 13.2 Å². The number of carbonyl (C=O) groups is 1. The van der Waals surface area contributed by atoms with E-state index in [2.05, 4.69) is 20.8 Å². The minimum absolute atomic E-state index is 0.244. The SMILES string of the molecule is CCCCCCCCCCCCOSN(Cc1cccc2c1OC(C)(C)C2)C(=O)O. The number of amides is 1. The van der Waals surface area contributed by atoms with Gasteiger partial charge in [-0.2, -0.15) is 0 Å². The standard InChI is InChI=1S/C24H39NO4S/c1-4-5-6-7-8-9-10-11-12-13-17-28-30-25(23(26)27)19-21-16-14-15-20-18-24(2,3)29-22(20)21/h14-16H,4-13,17-19H2,1-3H3,(H,26,27). The first-order valence-electron chi connectivity index (χ1n) is 11.5. The van der Waals surface area contributed by atoms with E-state index in [9.17, 15) is 9.90 Å². The minimum atomic E-state index is -1.00. The Bertz CT molecular complexity index is 650. The van der Waals surface area contributed by atoms with Crippen LogP contribution in [-0.4, -0.2) is 27.7 Å². The predicted octanol–water partition coefficient (Wildman–Crippen LogP) is 7.38. The van der Waals surface area contributed by atoms with Crippen LogP contribution >= 0.6 is 12.2 Å². The first-order chi connectivity index (χ1) is 14.4. The molecule has 0 atom stereocenters. The highest BCUT2D eigenvalue weighted by Gasteiger charge is 2.32. The second-order valence-corrected chi connectivity index (χ2v) is 9.67. The number of para-hydroxylation sites is 1. The molecule has 30 heavy (non-hydrogen) atoms. The smallest absolute Gasteiger partial charge is 0.419 e. The van der Waals surface area contributed by atoms with E-state index >= 15 is 0 Å². The van der Waals surface area contributed by atoms with Gasteiger partial charge in [0.15, 0.2) is 0 Å². The maximum absolute atomic E-state index is 11.6.